The maximum Gasteiger partial charge on any atom is 0.191 e. The third kappa shape index (κ3) is 7.62. The van der Waals surface area contributed by atoms with E-state index in [9.17, 15) is 5.11 Å². The molecule has 3 N–H and O–H groups in total. The molecule has 0 bridgehead atoms. The molecule has 1 aliphatic heterocycles. The monoisotopic (exact) mass is 576 g/mol. The van der Waals surface area contributed by atoms with Crippen molar-refractivity contribution in [2.24, 2.45) is 4.99 Å². The Bertz CT molecular complexity index is 851. The zero-order valence-corrected chi connectivity index (χ0v) is 22.0. The number of halogens is 2. The van der Waals surface area contributed by atoms with E-state index in [4.69, 9.17) is 20.8 Å². The number of furan rings is 1. The van der Waals surface area contributed by atoms with Crippen LogP contribution in [0, 0.1) is 6.92 Å². The van der Waals surface area contributed by atoms with Crippen LogP contribution >= 0.6 is 35.6 Å². The van der Waals surface area contributed by atoms with Crippen molar-refractivity contribution >= 4 is 41.5 Å². The highest BCUT2D eigenvalue weighted by Gasteiger charge is 2.27. The smallest absolute Gasteiger partial charge is 0.191 e. The fourth-order valence-electron chi connectivity index (χ4n) is 3.60. The summed E-state index contributed by atoms with van der Waals surface area (Å²) in [6.07, 6.45) is 0. The number of benzene rings is 1. The lowest BCUT2D eigenvalue weighted by molar-refractivity contribution is 0.0169. The van der Waals surface area contributed by atoms with Gasteiger partial charge in [-0.1, -0.05) is 23.7 Å². The highest BCUT2D eigenvalue weighted by Crippen LogP contribution is 2.24. The summed E-state index contributed by atoms with van der Waals surface area (Å²) in [5.41, 5.74) is 0.00356. The Kier molecular flexibility index (Phi) is 10.8. The zero-order chi connectivity index (χ0) is 22.3. The van der Waals surface area contributed by atoms with Gasteiger partial charge in [-0.2, -0.15) is 0 Å². The average Bonchev–Trinajstić information content (AvgIpc) is 3.21. The lowest BCUT2D eigenvalue weighted by atomic mass is 10.0. The Labute approximate surface area is 212 Å². The molecule has 3 rings (SSSR count). The number of aliphatic hydroxyl groups is 1. The van der Waals surface area contributed by atoms with Gasteiger partial charge in [0.2, 0.25) is 0 Å². The first-order chi connectivity index (χ1) is 14.9. The Morgan fingerprint density at radius 3 is 2.47 bits per heavy atom. The van der Waals surface area contributed by atoms with E-state index < -0.39 is 5.60 Å². The molecule has 2 atom stereocenters. The van der Waals surface area contributed by atoms with Gasteiger partial charge in [-0.05, 0) is 50.6 Å². The number of ether oxygens (including phenoxy) is 1. The van der Waals surface area contributed by atoms with E-state index in [0.717, 1.165) is 43.6 Å². The van der Waals surface area contributed by atoms with Crippen molar-refractivity contribution in [2.45, 2.75) is 32.4 Å². The van der Waals surface area contributed by atoms with E-state index in [-0.39, 0.29) is 36.6 Å². The second kappa shape index (κ2) is 12.8. The predicted octanol–water partition coefficient (Wildman–Crippen LogP) is 3.70. The number of morpholine rings is 1. The van der Waals surface area contributed by atoms with Crippen LogP contribution in [0.2, 0.25) is 5.02 Å². The summed E-state index contributed by atoms with van der Waals surface area (Å²) in [4.78, 5) is 7.02. The van der Waals surface area contributed by atoms with Crippen molar-refractivity contribution in [2.75, 3.05) is 45.9 Å². The highest BCUT2D eigenvalue weighted by atomic mass is 127. The van der Waals surface area contributed by atoms with Crippen LogP contribution in [0.3, 0.4) is 0 Å². The van der Waals surface area contributed by atoms with Crippen LogP contribution in [0.15, 0.2) is 45.8 Å². The SMILES string of the molecule is CCNC(=NCC(C)(O)c1ccc(C)o1)NCC(c1ccc(Cl)cc1)N1CCOCC1.I. The van der Waals surface area contributed by atoms with Crippen LogP contribution in [-0.2, 0) is 10.3 Å². The molecule has 1 saturated heterocycles. The lowest BCUT2D eigenvalue weighted by Gasteiger charge is -2.35. The van der Waals surface area contributed by atoms with Crippen molar-refractivity contribution in [3.8, 4) is 0 Å². The zero-order valence-electron chi connectivity index (χ0n) is 18.9. The molecule has 0 amide bonds. The van der Waals surface area contributed by atoms with Crippen molar-refractivity contribution in [1.82, 2.24) is 15.5 Å². The first-order valence-corrected chi connectivity index (χ1v) is 11.2. The van der Waals surface area contributed by atoms with Gasteiger partial charge in [0.15, 0.2) is 5.96 Å². The van der Waals surface area contributed by atoms with Gasteiger partial charge in [0, 0.05) is 31.2 Å². The van der Waals surface area contributed by atoms with E-state index in [1.807, 2.05) is 32.0 Å². The summed E-state index contributed by atoms with van der Waals surface area (Å²) in [6.45, 7) is 10.3. The molecule has 2 unspecified atom stereocenters. The molecule has 0 spiro atoms. The van der Waals surface area contributed by atoms with Crippen LogP contribution in [0.1, 0.15) is 37.0 Å². The number of aliphatic imine (C=N–C) groups is 1. The normalized spacial score (nSPS) is 17.8. The van der Waals surface area contributed by atoms with Crippen molar-refractivity contribution < 1.29 is 14.3 Å². The van der Waals surface area contributed by atoms with E-state index in [1.165, 1.54) is 5.56 Å². The van der Waals surface area contributed by atoms with Gasteiger partial charge in [-0.25, -0.2) is 4.99 Å². The fourth-order valence-corrected chi connectivity index (χ4v) is 3.73. The molecule has 1 aliphatic rings. The maximum atomic E-state index is 10.8. The minimum atomic E-state index is -1.18. The fraction of sp³-hybridized carbons (Fsp3) is 0.522. The van der Waals surface area contributed by atoms with E-state index in [2.05, 4.69) is 32.7 Å². The standard InChI is InChI=1S/C23H33ClN4O3.HI/c1-4-25-22(27-16-23(3,29)21-10-5-17(2)31-21)26-15-20(28-11-13-30-14-12-28)18-6-8-19(24)9-7-18;/h5-10,20,29H,4,11-16H2,1-3H3,(H2,25,26,27);1H. The summed E-state index contributed by atoms with van der Waals surface area (Å²) < 4.78 is 11.1. The number of nitrogens with zero attached hydrogens (tertiary/aromatic N) is 2. The minimum absolute atomic E-state index is 0. The summed E-state index contributed by atoms with van der Waals surface area (Å²) in [5, 5.41) is 18.2. The second-order valence-electron chi connectivity index (χ2n) is 7.98. The van der Waals surface area contributed by atoms with Gasteiger partial charge >= 0.3 is 0 Å². The van der Waals surface area contributed by atoms with Crippen LogP contribution in [0.25, 0.3) is 0 Å². The molecule has 2 aromatic rings. The van der Waals surface area contributed by atoms with Crippen LogP contribution in [-0.4, -0.2) is 61.9 Å². The van der Waals surface area contributed by atoms with Gasteiger partial charge in [-0.3, -0.25) is 4.90 Å². The minimum Gasteiger partial charge on any atom is -0.463 e. The van der Waals surface area contributed by atoms with Crippen LogP contribution < -0.4 is 10.6 Å². The summed E-state index contributed by atoms with van der Waals surface area (Å²) >= 11 is 6.10. The summed E-state index contributed by atoms with van der Waals surface area (Å²) in [5.74, 6) is 1.93. The molecule has 178 valence electrons. The van der Waals surface area contributed by atoms with Crippen LogP contribution in [0.4, 0.5) is 0 Å². The maximum absolute atomic E-state index is 10.8. The Balaban J connectivity index is 0.00000363. The number of hydrogen-bond donors (Lipinski definition) is 3. The van der Waals surface area contributed by atoms with Gasteiger partial charge in [0.25, 0.3) is 0 Å². The largest absolute Gasteiger partial charge is 0.463 e. The molecule has 2 heterocycles. The van der Waals surface area contributed by atoms with Crippen molar-refractivity contribution in [3.05, 3.63) is 58.5 Å². The van der Waals surface area contributed by atoms with Crippen molar-refractivity contribution in [1.29, 1.82) is 0 Å². The molecular weight excluding hydrogens is 543 g/mol. The van der Waals surface area contributed by atoms with E-state index >= 15 is 0 Å². The Hall–Kier alpha value is -1.33. The number of hydrogen-bond acceptors (Lipinski definition) is 5. The number of aryl methyl sites for hydroxylation is 1. The van der Waals surface area contributed by atoms with Gasteiger partial charge < -0.3 is 24.9 Å². The molecule has 0 saturated carbocycles. The Morgan fingerprint density at radius 1 is 1.19 bits per heavy atom. The molecule has 1 fully saturated rings. The molecule has 0 radical (unpaired) electrons. The molecule has 7 nitrogen and oxygen atoms in total. The first-order valence-electron chi connectivity index (χ1n) is 10.8. The molecule has 1 aromatic carbocycles. The van der Waals surface area contributed by atoms with Gasteiger partial charge in [0.05, 0.1) is 25.8 Å². The summed E-state index contributed by atoms with van der Waals surface area (Å²) in [6, 6.07) is 11.8. The van der Waals surface area contributed by atoms with Crippen LogP contribution in [0.5, 0.6) is 0 Å². The quantitative estimate of drug-likeness (QED) is 0.253. The predicted molar refractivity (Wildman–Crippen MR) is 139 cm³/mol. The molecule has 1 aromatic heterocycles. The average molecular weight is 577 g/mol. The number of guanidine groups is 1. The topological polar surface area (TPSA) is 82.3 Å². The van der Waals surface area contributed by atoms with E-state index in [0.29, 0.717) is 18.3 Å². The second-order valence-corrected chi connectivity index (χ2v) is 8.41. The summed E-state index contributed by atoms with van der Waals surface area (Å²) in [7, 11) is 0. The Morgan fingerprint density at radius 2 is 1.88 bits per heavy atom. The van der Waals surface area contributed by atoms with E-state index in [1.54, 1.807) is 13.0 Å². The number of nitrogens with one attached hydrogen (secondary N) is 2. The first kappa shape index (κ1) is 26.9. The lowest BCUT2D eigenvalue weighted by Crippen LogP contribution is -2.46. The van der Waals surface area contributed by atoms with Gasteiger partial charge in [0.1, 0.15) is 17.1 Å². The number of rotatable bonds is 8. The molecule has 0 aliphatic carbocycles. The third-order valence-corrected chi connectivity index (χ3v) is 5.62. The third-order valence-electron chi connectivity index (χ3n) is 5.36. The highest BCUT2D eigenvalue weighted by molar-refractivity contribution is 14.0. The molecule has 9 heteroatoms. The molecular formula is C23H34ClIN4O3. The molecule has 32 heavy (non-hydrogen) atoms. The van der Waals surface area contributed by atoms with Gasteiger partial charge in [-0.15, -0.1) is 24.0 Å². The van der Waals surface area contributed by atoms with Crippen molar-refractivity contribution in [3.63, 3.8) is 0 Å².